The fourth-order valence-corrected chi connectivity index (χ4v) is 3.01. The number of nitrogens with zero attached hydrogens (tertiary/aromatic N) is 3. The number of rotatable bonds is 7. The third kappa shape index (κ3) is 4.81. The van der Waals surface area contributed by atoms with Crippen LogP contribution in [0.1, 0.15) is 12.5 Å². The van der Waals surface area contributed by atoms with Crippen molar-refractivity contribution in [1.29, 1.82) is 0 Å². The van der Waals surface area contributed by atoms with Gasteiger partial charge in [-0.1, -0.05) is 12.0 Å². The number of hydrogen-bond acceptors (Lipinski definition) is 5. The molecule has 2 heterocycles. The molecule has 0 aliphatic heterocycles. The van der Waals surface area contributed by atoms with Crippen molar-refractivity contribution in [3.63, 3.8) is 0 Å². The first-order valence-electron chi connectivity index (χ1n) is 7.09. The van der Waals surface area contributed by atoms with Gasteiger partial charge in [0.05, 0.1) is 18.8 Å². The molecule has 0 bridgehead atoms. The maximum Gasteiger partial charge on any atom is 0.259 e. The van der Waals surface area contributed by atoms with Crippen molar-refractivity contribution in [3.05, 3.63) is 36.2 Å². The monoisotopic (exact) mass is 333 g/mol. The number of sulfonamides is 1. The second kappa shape index (κ2) is 7.26. The topological polar surface area (TPSA) is 88.9 Å². The average molecular weight is 333 g/mol. The summed E-state index contributed by atoms with van der Waals surface area (Å²) in [6, 6.07) is 4.16. The number of terminal acetylenes is 1. The zero-order valence-electron chi connectivity index (χ0n) is 13.0. The molecule has 2 aromatic heterocycles. The normalized spacial score (nSPS) is 12.6. The molecule has 0 saturated carbocycles. The van der Waals surface area contributed by atoms with Crippen LogP contribution >= 0.6 is 0 Å². The van der Waals surface area contributed by atoms with Crippen LogP contribution in [0.2, 0.25) is 0 Å². The molecule has 23 heavy (non-hydrogen) atoms. The van der Waals surface area contributed by atoms with Crippen LogP contribution in [0, 0.1) is 19.3 Å². The lowest BCUT2D eigenvalue weighted by atomic mass is 10.4. The molecular formula is C15H19N5O2S. The second-order valence-corrected chi connectivity index (χ2v) is 6.74. The number of pyridine rings is 1. The van der Waals surface area contributed by atoms with Crippen LogP contribution in [0.5, 0.6) is 0 Å². The van der Waals surface area contributed by atoms with Crippen molar-refractivity contribution >= 4 is 15.8 Å². The van der Waals surface area contributed by atoms with Crippen LogP contribution in [-0.2, 0) is 16.6 Å². The number of aryl methyl sites for hydroxylation is 1. The molecule has 0 amide bonds. The molecule has 2 rings (SSSR count). The third-order valence-corrected chi connectivity index (χ3v) is 4.43. The van der Waals surface area contributed by atoms with E-state index in [2.05, 4.69) is 26.0 Å². The molecule has 8 heteroatoms. The summed E-state index contributed by atoms with van der Waals surface area (Å²) in [4.78, 5) is 4.11. The predicted molar refractivity (Wildman–Crippen MR) is 88.3 cm³/mol. The first kappa shape index (κ1) is 17.0. The molecule has 1 unspecified atom stereocenters. The van der Waals surface area contributed by atoms with Crippen LogP contribution in [0.4, 0.5) is 5.82 Å². The van der Waals surface area contributed by atoms with Crippen molar-refractivity contribution < 1.29 is 8.42 Å². The van der Waals surface area contributed by atoms with E-state index in [-0.39, 0.29) is 5.03 Å². The summed E-state index contributed by atoms with van der Waals surface area (Å²) in [5, 5.41) is 7.19. The van der Waals surface area contributed by atoms with E-state index in [4.69, 9.17) is 6.42 Å². The summed E-state index contributed by atoms with van der Waals surface area (Å²) in [6.45, 7) is 4.79. The van der Waals surface area contributed by atoms with E-state index in [0.29, 0.717) is 18.9 Å². The lowest BCUT2D eigenvalue weighted by Crippen LogP contribution is -2.32. The SMILES string of the molecule is C#CC(C)NS(=O)(=O)c1cccc(NCCn2cc(C)cn2)n1. The Labute approximate surface area is 136 Å². The first-order valence-corrected chi connectivity index (χ1v) is 8.57. The van der Waals surface area contributed by atoms with Crippen LogP contribution in [0.15, 0.2) is 35.6 Å². The Hall–Kier alpha value is -2.37. The Balaban J connectivity index is 2.00. The third-order valence-electron chi connectivity index (χ3n) is 2.99. The van der Waals surface area contributed by atoms with E-state index < -0.39 is 16.1 Å². The summed E-state index contributed by atoms with van der Waals surface area (Å²) in [6.07, 6.45) is 8.91. The lowest BCUT2D eigenvalue weighted by Gasteiger charge is -2.10. The zero-order chi connectivity index (χ0) is 16.9. The van der Waals surface area contributed by atoms with Gasteiger partial charge in [0.2, 0.25) is 0 Å². The highest BCUT2D eigenvalue weighted by molar-refractivity contribution is 7.89. The van der Waals surface area contributed by atoms with Gasteiger partial charge in [-0.05, 0) is 31.5 Å². The summed E-state index contributed by atoms with van der Waals surface area (Å²) >= 11 is 0. The lowest BCUT2D eigenvalue weighted by molar-refractivity contribution is 0.573. The Morgan fingerprint density at radius 2 is 2.22 bits per heavy atom. The standard InChI is InChI=1S/C15H19N5O2S/c1-4-13(3)19-23(21,22)15-7-5-6-14(18-15)16-8-9-20-11-12(2)10-17-20/h1,5-7,10-11,13,19H,8-9H2,2-3H3,(H,16,18). The quantitative estimate of drug-likeness (QED) is 0.738. The van der Waals surface area contributed by atoms with Gasteiger partial charge in [-0.3, -0.25) is 4.68 Å². The molecule has 0 saturated heterocycles. The van der Waals surface area contributed by atoms with Gasteiger partial charge in [0, 0.05) is 12.7 Å². The fraction of sp³-hybridized carbons (Fsp3) is 0.333. The maximum atomic E-state index is 12.1. The van der Waals surface area contributed by atoms with E-state index >= 15 is 0 Å². The minimum atomic E-state index is -3.73. The Kier molecular flexibility index (Phi) is 5.36. The van der Waals surface area contributed by atoms with E-state index in [1.807, 2.05) is 13.1 Å². The van der Waals surface area contributed by atoms with Gasteiger partial charge in [-0.25, -0.2) is 13.4 Å². The summed E-state index contributed by atoms with van der Waals surface area (Å²) in [7, 11) is -3.73. The Morgan fingerprint density at radius 3 is 2.87 bits per heavy atom. The van der Waals surface area contributed by atoms with E-state index in [0.717, 1.165) is 5.56 Å². The van der Waals surface area contributed by atoms with Gasteiger partial charge >= 0.3 is 0 Å². The van der Waals surface area contributed by atoms with Crippen LogP contribution in [0.3, 0.4) is 0 Å². The molecule has 0 spiro atoms. The number of aromatic nitrogens is 3. The Bertz CT molecular complexity index is 807. The highest BCUT2D eigenvalue weighted by Gasteiger charge is 2.18. The van der Waals surface area contributed by atoms with Crippen molar-refractivity contribution in [1.82, 2.24) is 19.5 Å². The summed E-state index contributed by atoms with van der Waals surface area (Å²) in [5.74, 6) is 2.79. The van der Waals surface area contributed by atoms with E-state index in [1.165, 1.54) is 6.07 Å². The molecule has 0 aliphatic carbocycles. The van der Waals surface area contributed by atoms with Crippen molar-refractivity contribution in [3.8, 4) is 12.3 Å². The highest BCUT2D eigenvalue weighted by Crippen LogP contribution is 2.10. The largest absolute Gasteiger partial charge is 0.368 e. The molecule has 122 valence electrons. The van der Waals surface area contributed by atoms with Gasteiger partial charge in [0.25, 0.3) is 10.0 Å². The van der Waals surface area contributed by atoms with Gasteiger partial charge in [0.15, 0.2) is 5.03 Å². The van der Waals surface area contributed by atoms with E-state index in [1.54, 1.807) is 29.9 Å². The minimum Gasteiger partial charge on any atom is -0.368 e. The molecule has 0 aliphatic rings. The highest BCUT2D eigenvalue weighted by atomic mass is 32.2. The zero-order valence-corrected chi connectivity index (χ0v) is 13.8. The average Bonchev–Trinajstić information content (AvgIpc) is 2.92. The maximum absolute atomic E-state index is 12.1. The van der Waals surface area contributed by atoms with Crippen LogP contribution < -0.4 is 10.0 Å². The molecular weight excluding hydrogens is 314 g/mol. The van der Waals surface area contributed by atoms with Gasteiger partial charge in [-0.2, -0.15) is 9.82 Å². The van der Waals surface area contributed by atoms with Gasteiger partial charge in [-0.15, -0.1) is 6.42 Å². The smallest absolute Gasteiger partial charge is 0.259 e. The number of nitrogens with one attached hydrogen (secondary N) is 2. The van der Waals surface area contributed by atoms with Gasteiger partial charge < -0.3 is 5.32 Å². The molecule has 1 atom stereocenters. The molecule has 0 fully saturated rings. The number of hydrogen-bond donors (Lipinski definition) is 2. The van der Waals surface area contributed by atoms with Crippen LogP contribution in [-0.4, -0.2) is 35.8 Å². The predicted octanol–water partition coefficient (Wildman–Crippen LogP) is 0.999. The molecule has 7 nitrogen and oxygen atoms in total. The summed E-state index contributed by atoms with van der Waals surface area (Å²) in [5.41, 5.74) is 1.09. The molecule has 0 aromatic carbocycles. The van der Waals surface area contributed by atoms with E-state index in [9.17, 15) is 8.42 Å². The van der Waals surface area contributed by atoms with Crippen LogP contribution in [0.25, 0.3) is 0 Å². The number of anilines is 1. The van der Waals surface area contributed by atoms with Crippen molar-refractivity contribution in [2.75, 3.05) is 11.9 Å². The fourth-order valence-electron chi connectivity index (χ4n) is 1.88. The van der Waals surface area contributed by atoms with Gasteiger partial charge in [0.1, 0.15) is 5.82 Å². The summed E-state index contributed by atoms with van der Waals surface area (Å²) < 4.78 is 28.5. The van der Waals surface area contributed by atoms with Crippen molar-refractivity contribution in [2.24, 2.45) is 0 Å². The minimum absolute atomic E-state index is 0.0699. The molecule has 2 aromatic rings. The second-order valence-electron chi connectivity index (χ2n) is 5.08. The first-order chi connectivity index (χ1) is 10.9. The molecule has 2 N–H and O–H groups in total. The Morgan fingerprint density at radius 1 is 1.43 bits per heavy atom. The van der Waals surface area contributed by atoms with Crippen molar-refractivity contribution in [2.45, 2.75) is 31.5 Å². The molecule has 0 radical (unpaired) electrons.